The lowest BCUT2D eigenvalue weighted by atomic mass is 9.96. The summed E-state index contributed by atoms with van der Waals surface area (Å²) in [7, 11) is 0. The van der Waals surface area contributed by atoms with E-state index < -0.39 is 5.54 Å². The van der Waals surface area contributed by atoms with Gasteiger partial charge in [-0.3, -0.25) is 10.3 Å². The lowest BCUT2D eigenvalue weighted by Gasteiger charge is -2.29. The Morgan fingerprint density at radius 2 is 2.33 bits per heavy atom. The molecule has 96 valence electrons. The van der Waals surface area contributed by atoms with Crippen molar-refractivity contribution in [3.8, 4) is 6.07 Å². The standard InChI is InChI=1S/C13H18N4S/c1-10(2)17-13(8-14,11-3-4-11)9-18-12-7-15-5-6-16-12/h5-7,10-11,17H,3-4,9H2,1-2H3. The third-order valence-corrected chi connectivity index (χ3v) is 4.11. The van der Waals surface area contributed by atoms with Gasteiger partial charge in [-0.25, -0.2) is 4.98 Å². The summed E-state index contributed by atoms with van der Waals surface area (Å²) in [4.78, 5) is 8.28. The van der Waals surface area contributed by atoms with E-state index in [1.807, 2.05) is 0 Å². The minimum atomic E-state index is -0.420. The largest absolute Gasteiger partial charge is 0.296 e. The van der Waals surface area contributed by atoms with Crippen LogP contribution in [0.4, 0.5) is 0 Å². The number of rotatable bonds is 6. The van der Waals surface area contributed by atoms with Gasteiger partial charge in [0.15, 0.2) is 0 Å². The van der Waals surface area contributed by atoms with E-state index in [1.165, 1.54) is 0 Å². The van der Waals surface area contributed by atoms with Gasteiger partial charge in [-0.2, -0.15) is 5.26 Å². The molecule has 1 fully saturated rings. The summed E-state index contributed by atoms with van der Waals surface area (Å²) >= 11 is 1.60. The normalized spacial score (nSPS) is 18.3. The molecule has 1 aromatic heterocycles. The number of nitriles is 1. The van der Waals surface area contributed by atoms with Crippen molar-refractivity contribution in [1.29, 1.82) is 5.26 Å². The van der Waals surface area contributed by atoms with Gasteiger partial charge in [-0.1, -0.05) is 0 Å². The molecule has 4 nitrogen and oxygen atoms in total. The molecule has 0 radical (unpaired) electrons. The quantitative estimate of drug-likeness (QED) is 0.797. The van der Waals surface area contributed by atoms with Crippen LogP contribution in [0.3, 0.4) is 0 Å². The number of nitrogens with zero attached hydrogens (tertiary/aromatic N) is 3. The van der Waals surface area contributed by atoms with Crippen LogP contribution in [-0.2, 0) is 0 Å². The molecule has 5 heteroatoms. The van der Waals surface area contributed by atoms with Crippen molar-refractivity contribution in [2.24, 2.45) is 5.92 Å². The van der Waals surface area contributed by atoms with E-state index in [4.69, 9.17) is 0 Å². The van der Waals surface area contributed by atoms with Gasteiger partial charge in [0.05, 0.1) is 12.3 Å². The third-order valence-electron chi connectivity index (χ3n) is 3.01. The van der Waals surface area contributed by atoms with Crippen LogP contribution < -0.4 is 5.32 Å². The second kappa shape index (κ2) is 5.68. The van der Waals surface area contributed by atoms with Crippen LogP contribution in [0.1, 0.15) is 26.7 Å². The molecule has 0 aromatic carbocycles. The molecule has 2 rings (SSSR count). The molecule has 0 saturated heterocycles. The van der Waals surface area contributed by atoms with Crippen molar-refractivity contribution in [1.82, 2.24) is 15.3 Å². The first-order valence-corrected chi connectivity index (χ1v) is 7.22. The number of nitrogens with one attached hydrogen (secondary N) is 1. The lowest BCUT2D eigenvalue weighted by molar-refractivity contribution is 0.370. The van der Waals surface area contributed by atoms with Crippen LogP contribution in [0.25, 0.3) is 0 Å². The zero-order valence-corrected chi connectivity index (χ0v) is 11.6. The van der Waals surface area contributed by atoms with Gasteiger partial charge in [0, 0.05) is 24.2 Å². The predicted octanol–water partition coefficient (Wildman–Crippen LogP) is 2.24. The monoisotopic (exact) mass is 262 g/mol. The summed E-state index contributed by atoms with van der Waals surface area (Å²) in [5.41, 5.74) is -0.420. The second-order valence-electron chi connectivity index (χ2n) is 4.99. The van der Waals surface area contributed by atoms with Crippen molar-refractivity contribution in [3.05, 3.63) is 18.6 Å². The number of hydrogen-bond donors (Lipinski definition) is 1. The van der Waals surface area contributed by atoms with Gasteiger partial charge in [-0.05, 0) is 32.6 Å². The van der Waals surface area contributed by atoms with Crippen molar-refractivity contribution >= 4 is 11.8 Å². The highest BCUT2D eigenvalue weighted by Crippen LogP contribution is 2.42. The first kappa shape index (κ1) is 13.3. The maximum atomic E-state index is 9.55. The van der Waals surface area contributed by atoms with Crippen LogP contribution in [0.5, 0.6) is 0 Å². The molecule has 0 amide bonds. The molecule has 0 aliphatic heterocycles. The number of aromatic nitrogens is 2. The highest BCUT2D eigenvalue weighted by Gasteiger charge is 2.46. The van der Waals surface area contributed by atoms with E-state index in [1.54, 1.807) is 30.4 Å². The molecule has 1 unspecified atom stereocenters. The van der Waals surface area contributed by atoms with Gasteiger partial charge in [0.2, 0.25) is 0 Å². The van der Waals surface area contributed by atoms with Crippen LogP contribution in [0.2, 0.25) is 0 Å². The molecule has 1 aliphatic rings. The molecule has 1 saturated carbocycles. The fourth-order valence-corrected chi connectivity index (χ4v) is 3.10. The molecule has 1 atom stereocenters. The number of hydrogen-bond acceptors (Lipinski definition) is 5. The van der Waals surface area contributed by atoms with Gasteiger partial charge in [0.25, 0.3) is 0 Å². The van der Waals surface area contributed by atoms with E-state index in [0.717, 1.165) is 23.6 Å². The summed E-state index contributed by atoms with van der Waals surface area (Å²) in [6.45, 7) is 4.17. The van der Waals surface area contributed by atoms with Gasteiger partial charge in [-0.15, -0.1) is 11.8 Å². The topological polar surface area (TPSA) is 61.6 Å². The Kier molecular flexibility index (Phi) is 4.20. The molecular weight excluding hydrogens is 244 g/mol. The molecule has 1 N–H and O–H groups in total. The van der Waals surface area contributed by atoms with Crippen molar-refractivity contribution < 1.29 is 0 Å². The highest BCUT2D eigenvalue weighted by atomic mass is 32.2. The van der Waals surface area contributed by atoms with E-state index in [2.05, 4.69) is 35.2 Å². The fraction of sp³-hybridized carbons (Fsp3) is 0.615. The highest BCUT2D eigenvalue weighted by molar-refractivity contribution is 7.99. The molecule has 1 heterocycles. The molecule has 0 spiro atoms. The minimum Gasteiger partial charge on any atom is -0.296 e. The van der Waals surface area contributed by atoms with E-state index in [9.17, 15) is 5.26 Å². The maximum Gasteiger partial charge on any atom is 0.119 e. The van der Waals surface area contributed by atoms with Gasteiger partial charge < -0.3 is 0 Å². The Balaban J connectivity index is 2.04. The predicted molar refractivity (Wildman–Crippen MR) is 72.1 cm³/mol. The van der Waals surface area contributed by atoms with Crippen LogP contribution in [0, 0.1) is 17.2 Å². The SMILES string of the molecule is CC(C)NC(C#N)(CSc1cnccn1)C1CC1. The minimum absolute atomic E-state index is 0.313. The van der Waals surface area contributed by atoms with Crippen LogP contribution in [-0.4, -0.2) is 27.3 Å². The zero-order valence-electron chi connectivity index (χ0n) is 10.8. The average Bonchev–Trinajstić information content (AvgIpc) is 3.20. The Hall–Kier alpha value is -1.12. The second-order valence-corrected chi connectivity index (χ2v) is 5.98. The van der Waals surface area contributed by atoms with Crippen molar-refractivity contribution in [3.63, 3.8) is 0 Å². The Morgan fingerprint density at radius 1 is 1.56 bits per heavy atom. The Morgan fingerprint density at radius 3 is 2.83 bits per heavy atom. The van der Waals surface area contributed by atoms with Crippen molar-refractivity contribution in [2.75, 3.05) is 5.75 Å². The maximum absolute atomic E-state index is 9.55. The zero-order chi connectivity index (χ0) is 13.0. The Bertz CT molecular complexity index is 424. The molecule has 1 aromatic rings. The molecule has 18 heavy (non-hydrogen) atoms. The fourth-order valence-electron chi connectivity index (χ4n) is 2.07. The van der Waals surface area contributed by atoms with Crippen LogP contribution >= 0.6 is 11.8 Å². The first-order valence-electron chi connectivity index (χ1n) is 6.24. The first-order chi connectivity index (χ1) is 8.66. The lowest BCUT2D eigenvalue weighted by Crippen LogP contribution is -2.51. The summed E-state index contributed by atoms with van der Waals surface area (Å²) < 4.78 is 0. The van der Waals surface area contributed by atoms with E-state index in [0.29, 0.717) is 12.0 Å². The average molecular weight is 262 g/mol. The molecular formula is C13H18N4S. The van der Waals surface area contributed by atoms with Crippen LogP contribution in [0.15, 0.2) is 23.6 Å². The van der Waals surface area contributed by atoms with E-state index in [-0.39, 0.29) is 0 Å². The van der Waals surface area contributed by atoms with Gasteiger partial charge >= 0.3 is 0 Å². The Labute approximate surface area is 112 Å². The van der Waals surface area contributed by atoms with E-state index >= 15 is 0 Å². The van der Waals surface area contributed by atoms with Gasteiger partial charge in [0.1, 0.15) is 10.6 Å². The summed E-state index contributed by atoms with van der Waals surface area (Å²) in [5.74, 6) is 1.21. The summed E-state index contributed by atoms with van der Waals surface area (Å²) in [6, 6.07) is 2.81. The number of thioether (sulfide) groups is 1. The van der Waals surface area contributed by atoms with Crippen molar-refractivity contribution in [2.45, 2.75) is 43.3 Å². The molecule has 1 aliphatic carbocycles. The molecule has 0 bridgehead atoms. The smallest absolute Gasteiger partial charge is 0.119 e. The summed E-state index contributed by atoms with van der Waals surface area (Å²) in [6.07, 6.45) is 7.38. The summed E-state index contributed by atoms with van der Waals surface area (Å²) in [5, 5.41) is 13.9. The third kappa shape index (κ3) is 3.21.